The number of fused-ring (bicyclic) bond motifs is 2. The number of ether oxygens (including phenoxy) is 1. The zero-order valence-electron chi connectivity index (χ0n) is 39.8. The maximum absolute atomic E-state index is 14.0. The van der Waals surface area contributed by atoms with Gasteiger partial charge in [0.1, 0.15) is 18.0 Å². The van der Waals surface area contributed by atoms with Crippen molar-refractivity contribution >= 4 is 17.5 Å². The molecule has 2 fully saturated rings. The Balaban J connectivity index is 0.000000166. The lowest BCUT2D eigenvalue weighted by Gasteiger charge is -2.33. The minimum absolute atomic E-state index is 0.0109. The van der Waals surface area contributed by atoms with Crippen molar-refractivity contribution in [1.29, 1.82) is 0 Å². The van der Waals surface area contributed by atoms with Crippen LogP contribution in [0.5, 0.6) is 0 Å². The molecule has 4 aliphatic rings. The number of hydrogen-bond donors (Lipinski definition) is 0. The van der Waals surface area contributed by atoms with Gasteiger partial charge >= 0.3 is 6.09 Å². The van der Waals surface area contributed by atoms with Crippen LogP contribution in [-0.4, -0.2) is 68.2 Å². The highest BCUT2D eigenvalue weighted by Gasteiger charge is 2.32. The number of pyridine rings is 4. The van der Waals surface area contributed by atoms with E-state index in [0.29, 0.717) is 32.1 Å². The standard InChI is InChI=1S/C32H32N4O3.C25H28N4O/c1-34-29(25-13-17-35(18-14-25)32(38)39-22-23-7-3-2-4-8-23)19-28(24-11-15-33-16-12-24)30(31(34)37)36-20-26-9-5-6-10-27(26)21-36;1-27-13-9-19(10-14-27)23-15-22(18-7-11-26-12-8-18)24(25(30)28(23)2)29-16-20-5-3-4-6-21(20)17-29/h2-12,15-16,19,25H,13-14,17-18,20-22H2,1H3;3-8,11-12,15,19H,9-10,13-14,16-17H2,1-2H3. The molecule has 4 aromatic heterocycles. The van der Waals surface area contributed by atoms with Gasteiger partial charge in [0, 0.05) is 113 Å². The Labute approximate surface area is 404 Å². The van der Waals surface area contributed by atoms with Crippen LogP contribution < -0.4 is 20.9 Å². The first-order valence-corrected chi connectivity index (χ1v) is 24.3. The van der Waals surface area contributed by atoms with Crippen LogP contribution in [0.2, 0.25) is 0 Å². The molecule has 352 valence electrons. The summed E-state index contributed by atoms with van der Waals surface area (Å²) in [5, 5.41) is 0. The number of amides is 1. The maximum atomic E-state index is 14.0. The van der Waals surface area contributed by atoms with Crippen molar-refractivity contribution in [3.05, 3.63) is 200 Å². The van der Waals surface area contributed by atoms with Gasteiger partial charge in [-0.15, -0.1) is 0 Å². The summed E-state index contributed by atoms with van der Waals surface area (Å²) < 4.78 is 9.27. The van der Waals surface area contributed by atoms with Gasteiger partial charge in [0.2, 0.25) is 0 Å². The molecular formula is C57H60N8O4. The number of hydrogen-bond acceptors (Lipinski definition) is 9. The third-order valence-electron chi connectivity index (χ3n) is 14.7. The number of piperidine rings is 2. The molecule has 0 N–H and O–H groups in total. The van der Waals surface area contributed by atoms with Gasteiger partial charge in [-0.2, -0.15) is 0 Å². The Hall–Kier alpha value is -7.31. The van der Waals surface area contributed by atoms with Gasteiger partial charge in [0.05, 0.1) is 0 Å². The van der Waals surface area contributed by atoms with Crippen molar-refractivity contribution in [1.82, 2.24) is 28.9 Å². The summed E-state index contributed by atoms with van der Waals surface area (Å²) in [6.07, 6.45) is 10.6. The molecule has 0 bridgehead atoms. The first kappa shape index (κ1) is 45.5. The number of rotatable bonds is 8. The van der Waals surface area contributed by atoms with Gasteiger partial charge in [-0.25, -0.2) is 4.79 Å². The zero-order chi connectivity index (χ0) is 47.4. The van der Waals surface area contributed by atoms with E-state index in [-0.39, 0.29) is 29.7 Å². The minimum Gasteiger partial charge on any atom is -0.445 e. The summed E-state index contributed by atoms with van der Waals surface area (Å²) in [4.78, 5) is 57.4. The molecule has 69 heavy (non-hydrogen) atoms. The van der Waals surface area contributed by atoms with Crippen molar-refractivity contribution < 1.29 is 9.53 Å². The van der Waals surface area contributed by atoms with Crippen LogP contribution in [0, 0.1) is 0 Å². The molecule has 2 saturated heterocycles. The molecule has 0 unspecified atom stereocenters. The van der Waals surface area contributed by atoms with Gasteiger partial charge in [-0.05, 0) is 121 Å². The van der Waals surface area contributed by atoms with E-state index in [4.69, 9.17) is 4.74 Å². The Kier molecular flexibility index (Phi) is 13.3. The minimum atomic E-state index is -0.285. The monoisotopic (exact) mass is 920 g/mol. The molecule has 7 aromatic rings. The highest BCUT2D eigenvalue weighted by Crippen LogP contribution is 2.39. The highest BCUT2D eigenvalue weighted by atomic mass is 16.6. The summed E-state index contributed by atoms with van der Waals surface area (Å²) in [5.74, 6) is 0.593. The third-order valence-corrected chi connectivity index (χ3v) is 14.7. The molecule has 12 heteroatoms. The van der Waals surface area contributed by atoms with Gasteiger partial charge in [-0.3, -0.25) is 19.6 Å². The lowest BCUT2D eigenvalue weighted by atomic mass is 9.90. The molecule has 4 aliphatic heterocycles. The van der Waals surface area contributed by atoms with Crippen molar-refractivity contribution in [2.24, 2.45) is 14.1 Å². The summed E-state index contributed by atoms with van der Waals surface area (Å²) in [7, 11) is 5.99. The SMILES string of the molecule is CN1CCC(c2cc(-c3ccncc3)c(N3Cc4ccccc4C3)c(=O)n2C)CC1.Cn1c(C2CCN(C(=O)OCc3ccccc3)CC2)cc(-c2ccncc2)c(N2Cc3ccccc3C2)c1=O. The second-order valence-corrected chi connectivity index (χ2v) is 19.0. The van der Waals surface area contributed by atoms with Gasteiger partial charge in [-0.1, -0.05) is 78.9 Å². The largest absolute Gasteiger partial charge is 0.445 e. The number of likely N-dealkylation sites (tertiary alicyclic amines) is 2. The van der Waals surface area contributed by atoms with E-state index in [1.165, 1.54) is 22.3 Å². The Morgan fingerprint density at radius 2 is 0.928 bits per heavy atom. The fraction of sp³-hybridized carbons (Fsp3) is 0.316. The predicted molar refractivity (Wildman–Crippen MR) is 272 cm³/mol. The second kappa shape index (κ2) is 20.1. The lowest BCUT2D eigenvalue weighted by Crippen LogP contribution is -2.39. The zero-order valence-corrected chi connectivity index (χ0v) is 39.8. The molecule has 0 saturated carbocycles. The molecule has 8 heterocycles. The van der Waals surface area contributed by atoms with Crippen LogP contribution in [-0.2, 0) is 51.6 Å². The predicted octanol–water partition coefficient (Wildman–Crippen LogP) is 9.26. The third kappa shape index (κ3) is 9.58. The van der Waals surface area contributed by atoms with Crippen LogP contribution >= 0.6 is 0 Å². The van der Waals surface area contributed by atoms with E-state index in [2.05, 4.69) is 92.4 Å². The summed E-state index contributed by atoms with van der Waals surface area (Å²) >= 11 is 0. The van der Waals surface area contributed by atoms with Crippen LogP contribution in [0.25, 0.3) is 22.3 Å². The molecule has 0 radical (unpaired) electrons. The van der Waals surface area contributed by atoms with Crippen molar-refractivity contribution in [3.63, 3.8) is 0 Å². The van der Waals surface area contributed by atoms with Crippen LogP contribution in [0.4, 0.5) is 16.2 Å². The van der Waals surface area contributed by atoms with E-state index in [1.807, 2.05) is 90.2 Å². The fourth-order valence-corrected chi connectivity index (χ4v) is 10.8. The molecule has 0 atom stereocenters. The Bertz CT molecular complexity index is 3000. The van der Waals surface area contributed by atoms with Crippen LogP contribution in [0.3, 0.4) is 0 Å². The first-order chi connectivity index (χ1) is 33.7. The van der Waals surface area contributed by atoms with Gasteiger partial charge < -0.3 is 33.5 Å². The Morgan fingerprint density at radius 3 is 1.35 bits per heavy atom. The maximum Gasteiger partial charge on any atom is 0.410 e. The van der Waals surface area contributed by atoms with E-state index >= 15 is 0 Å². The summed E-state index contributed by atoms with van der Waals surface area (Å²) in [6.45, 7) is 6.60. The summed E-state index contributed by atoms with van der Waals surface area (Å²) in [6, 6.07) is 39.0. The molecular weight excluding hydrogens is 861 g/mol. The normalized spacial score (nSPS) is 16.2. The first-order valence-electron chi connectivity index (χ1n) is 24.3. The molecule has 1 amide bonds. The quantitative estimate of drug-likeness (QED) is 0.147. The van der Waals surface area contributed by atoms with E-state index in [9.17, 15) is 14.4 Å². The van der Waals surface area contributed by atoms with Crippen molar-refractivity contribution in [2.75, 3.05) is 43.0 Å². The number of carbonyl (C=O) groups is 1. The second-order valence-electron chi connectivity index (χ2n) is 19.0. The molecule has 3 aromatic carbocycles. The highest BCUT2D eigenvalue weighted by molar-refractivity contribution is 5.80. The topological polar surface area (TPSA) is 109 Å². The number of carbonyl (C=O) groups excluding carboxylic acids is 1. The molecule has 11 rings (SSSR count). The van der Waals surface area contributed by atoms with Crippen LogP contribution in [0.15, 0.2) is 150 Å². The summed E-state index contributed by atoms with van der Waals surface area (Å²) in [5.41, 5.74) is 13.9. The van der Waals surface area contributed by atoms with Crippen molar-refractivity contribution in [3.8, 4) is 22.3 Å². The van der Waals surface area contributed by atoms with E-state index in [0.717, 1.165) is 102 Å². The lowest BCUT2D eigenvalue weighted by molar-refractivity contribution is 0.0866. The number of benzene rings is 3. The molecule has 12 nitrogen and oxygen atoms in total. The van der Waals surface area contributed by atoms with Gasteiger partial charge in [0.25, 0.3) is 11.1 Å². The van der Waals surface area contributed by atoms with E-state index < -0.39 is 0 Å². The average molecular weight is 921 g/mol. The smallest absolute Gasteiger partial charge is 0.410 e. The average Bonchev–Trinajstić information content (AvgIpc) is 4.03. The fourth-order valence-electron chi connectivity index (χ4n) is 10.8. The Morgan fingerprint density at radius 1 is 0.536 bits per heavy atom. The molecule has 0 spiro atoms. The number of nitrogens with zero attached hydrogens (tertiary/aromatic N) is 8. The van der Waals surface area contributed by atoms with E-state index in [1.54, 1.807) is 17.3 Å². The number of anilines is 2. The van der Waals surface area contributed by atoms with Crippen molar-refractivity contribution in [2.45, 2.75) is 70.3 Å². The van der Waals surface area contributed by atoms with Crippen LogP contribution in [0.1, 0.15) is 76.7 Å². The van der Waals surface area contributed by atoms with Gasteiger partial charge in [0.15, 0.2) is 0 Å². The molecule has 0 aliphatic carbocycles. The number of aromatic nitrogens is 4.